The number of fused-ring (bicyclic) bond motifs is 1. The van der Waals surface area contributed by atoms with Crippen molar-refractivity contribution < 1.29 is 5.11 Å². The first-order valence-electron chi connectivity index (χ1n) is 6.20. The molecule has 1 N–H and O–H groups in total. The minimum atomic E-state index is -0.638. The van der Waals surface area contributed by atoms with E-state index in [0.717, 1.165) is 16.3 Å². The average Bonchev–Trinajstić information content (AvgIpc) is 2.39. The van der Waals surface area contributed by atoms with Crippen LogP contribution in [0.5, 0.6) is 0 Å². The Morgan fingerprint density at radius 1 is 1.06 bits per heavy atom. The van der Waals surface area contributed by atoms with Crippen molar-refractivity contribution >= 4 is 10.8 Å². The fourth-order valence-electron chi connectivity index (χ4n) is 2.24. The molecule has 0 radical (unpaired) electrons. The normalized spacial score (nSPS) is 14.4. The molecular formula is C16H17NO. The summed E-state index contributed by atoms with van der Waals surface area (Å²) in [5, 5.41) is 21.7. The van der Waals surface area contributed by atoms with Crippen molar-refractivity contribution in [2.45, 2.75) is 25.9 Å². The molecule has 0 amide bonds. The third-order valence-electron chi connectivity index (χ3n) is 3.32. The van der Waals surface area contributed by atoms with E-state index in [0.29, 0.717) is 0 Å². The molecule has 18 heavy (non-hydrogen) atoms. The van der Waals surface area contributed by atoms with E-state index in [1.54, 1.807) is 0 Å². The Hall–Kier alpha value is -1.85. The highest BCUT2D eigenvalue weighted by molar-refractivity contribution is 5.86. The van der Waals surface area contributed by atoms with Gasteiger partial charge in [0.2, 0.25) is 0 Å². The Labute approximate surface area is 107 Å². The van der Waals surface area contributed by atoms with Crippen LogP contribution in [-0.4, -0.2) is 11.2 Å². The molecule has 0 saturated heterocycles. The van der Waals surface area contributed by atoms with Crippen LogP contribution >= 0.6 is 0 Å². The molecule has 0 aromatic heterocycles. The van der Waals surface area contributed by atoms with Crippen molar-refractivity contribution in [1.29, 1.82) is 5.26 Å². The first-order chi connectivity index (χ1) is 8.65. The highest BCUT2D eigenvalue weighted by Crippen LogP contribution is 2.29. The number of hydrogen-bond acceptors (Lipinski definition) is 2. The lowest BCUT2D eigenvalue weighted by Gasteiger charge is -2.21. The van der Waals surface area contributed by atoms with Crippen molar-refractivity contribution in [2.75, 3.05) is 0 Å². The Balaban J connectivity index is 2.56. The lowest BCUT2D eigenvalue weighted by Crippen LogP contribution is -2.23. The number of nitrogens with zero attached hydrogens (tertiary/aromatic N) is 1. The summed E-state index contributed by atoms with van der Waals surface area (Å²) >= 11 is 0. The van der Waals surface area contributed by atoms with Gasteiger partial charge in [-0.25, -0.2) is 0 Å². The van der Waals surface area contributed by atoms with Gasteiger partial charge >= 0.3 is 0 Å². The molecular weight excluding hydrogens is 222 g/mol. The molecule has 2 atom stereocenters. The maximum absolute atomic E-state index is 10.2. The summed E-state index contributed by atoms with van der Waals surface area (Å²) in [6, 6.07) is 16.1. The van der Waals surface area contributed by atoms with Gasteiger partial charge in [-0.1, -0.05) is 56.3 Å². The summed E-state index contributed by atoms with van der Waals surface area (Å²) in [6.07, 6.45) is -0.638. The first-order valence-corrected chi connectivity index (χ1v) is 6.20. The first kappa shape index (κ1) is 12.6. The lowest BCUT2D eigenvalue weighted by molar-refractivity contribution is 0.113. The standard InChI is InChI=1S/C16H17NO/c1-11(2)16(18)15(10-17)14-9-5-7-12-6-3-4-8-13(12)14/h3-9,11,15-16,18H,1-2H3/t15-,16-/m0/s1. The van der Waals surface area contributed by atoms with Gasteiger partial charge in [0.1, 0.15) is 0 Å². The van der Waals surface area contributed by atoms with E-state index in [9.17, 15) is 10.4 Å². The number of nitriles is 1. The van der Waals surface area contributed by atoms with Crippen LogP contribution in [0.3, 0.4) is 0 Å². The SMILES string of the molecule is CC(C)[C@H](O)[C@@H](C#N)c1cccc2ccccc12. The van der Waals surface area contributed by atoms with Gasteiger partial charge in [0, 0.05) is 0 Å². The number of hydrogen-bond donors (Lipinski definition) is 1. The lowest BCUT2D eigenvalue weighted by atomic mass is 9.86. The van der Waals surface area contributed by atoms with Gasteiger partial charge in [-0.05, 0) is 22.3 Å². The molecule has 92 valence electrons. The number of benzene rings is 2. The van der Waals surface area contributed by atoms with E-state index >= 15 is 0 Å². The van der Waals surface area contributed by atoms with Gasteiger partial charge in [-0.15, -0.1) is 0 Å². The van der Waals surface area contributed by atoms with Crippen LogP contribution < -0.4 is 0 Å². The van der Waals surface area contributed by atoms with Crippen LogP contribution in [-0.2, 0) is 0 Å². The maximum atomic E-state index is 10.2. The van der Waals surface area contributed by atoms with E-state index in [4.69, 9.17) is 0 Å². The predicted octanol–water partition coefficient (Wildman–Crippen LogP) is 3.46. The van der Waals surface area contributed by atoms with Gasteiger partial charge in [0.15, 0.2) is 0 Å². The van der Waals surface area contributed by atoms with E-state index in [1.807, 2.05) is 56.3 Å². The van der Waals surface area contributed by atoms with Crippen LogP contribution in [0, 0.1) is 17.2 Å². The molecule has 0 aliphatic rings. The predicted molar refractivity (Wildman–Crippen MR) is 73.1 cm³/mol. The maximum Gasteiger partial charge on any atom is 0.0980 e. The molecule has 2 aromatic carbocycles. The largest absolute Gasteiger partial charge is 0.391 e. The van der Waals surface area contributed by atoms with Gasteiger partial charge < -0.3 is 5.11 Å². The summed E-state index contributed by atoms with van der Waals surface area (Å²) in [7, 11) is 0. The molecule has 0 aliphatic heterocycles. The minimum absolute atomic E-state index is 0.0635. The number of aliphatic hydroxyl groups excluding tert-OH is 1. The van der Waals surface area contributed by atoms with Crippen molar-refractivity contribution in [3.63, 3.8) is 0 Å². The molecule has 2 heteroatoms. The Morgan fingerprint density at radius 3 is 2.39 bits per heavy atom. The summed E-state index contributed by atoms with van der Waals surface area (Å²) in [6.45, 7) is 3.86. The smallest absolute Gasteiger partial charge is 0.0980 e. The van der Waals surface area contributed by atoms with Crippen molar-refractivity contribution in [2.24, 2.45) is 5.92 Å². The molecule has 0 aliphatic carbocycles. The van der Waals surface area contributed by atoms with Crippen LogP contribution in [0.25, 0.3) is 10.8 Å². The van der Waals surface area contributed by atoms with Crippen molar-refractivity contribution in [3.8, 4) is 6.07 Å². The molecule has 0 saturated carbocycles. The highest BCUT2D eigenvalue weighted by Gasteiger charge is 2.24. The van der Waals surface area contributed by atoms with E-state index in [1.165, 1.54) is 0 Å². The van der Waals surface area contributed by atoms with Crippen LogP contribution in [0.1, 0.15) is 25.3 Å². The molecule has 0 bridgehead atoms. The molecule has 0 heterocycles. The summed E-state index contributed by atoms with van der Waals surface area (Å²) in [4.78, 5) is 0. The molecule has 2 rings (SSSR count). The van der Waals surface area contributed by atoms with E-state index in [-0.39, 0.29) is 5.92 Å². The highest BCUT2D eigenvalue weighted by atomic mass is 16.3. The quantitative estimate of drug-likeness (QED) is 0.891. The molecule has 0 fully saturated rings. The van der Waals surface area contributed by atoms with Crippen LogP contribution in [0.2, 0.25) is 0 Å². The summed E-state index contributed by atoms with van der Waals surface area (Å²) < 4.78 is 0. The second-order valence-corrected chi connectivity index (χ2v) is 4.91. The molecule has 0 spiro atoms. The number of aliphatic hydroxyl groups is 1. The Bertz CT molecular complexity index is 578. The van der Waals surface area contributed by atoms with Crippen LogP contribution in [0.15, 0.2) is 42.5 Å². The summed E-state index contributed by atoms with van der Waals surface area (Å²) in [5.41, 5.74) is 0.914. The van der Waals surface area contributed by atoms with Crippen molar-refractivity contribution in [1.82, 2.24) is 0 Å². The fourth-order valence-corrected chi connectivity index (χ4v) is 2.24. The Kier molecular flexibility index (Phi) is 3.64. The van der Waals surface area contributed by atoms with E-state index < -0.39 is 12.0 Å². The third-order valence-corrected chi connectivity index (χ3v) is 3.32. The summed E-state index contributed by atoms with van der Waals surface area (Å²) in [5.74, 6) is -0.412. The van der Waals surface area contributed by atoms with E-state index in [2.05, 4.69) is 6.07 Å². The molecule has 2 nitrogen and oxygen atoms in total. The molecule has 0 unspecified atom stereocenters. The Morgan fingerprint density at radius 2 is 1.72 bits per heavy atom. The zero-order chi connectivity index (χ0) is 13.1. The van der Waals surface area contributed by atoms with Gasteiger partial charge in [-0.2, -0.15) is 5.26 Å². The zero-order valence-electron chi connectivity index (χ0n) is 10.7. The van der Waals surface area contributed by atoms with Gasteiger partial charge in [0.05, 0.1) is 18.1 Å². The van der Waals surface area contributed by atoms with Gasteiger partial charge in [-0.3, -0.25) is 0 Å². The van der Waals surface area contributed by atoms with Crippen LogP contribution in [0.4, 0.5) is 0 Å². The average molecular weight is 239 g/mol. The number of rotatable bonds is 3. The monoisotopic (exact) mass is 239 g/mol. The van der Waals surface area contributed by atoms with Gasteiger partial charge in [0.25, 0.3) is 0 Å². The molecule has 2 aromatic rings. The second-order valence-electron chi connectivity index (χ2n) is 4.91. The minimum Gasteiger partial charge on any atom is -0.391 e. The zero-order valence-corrected chi connectivity index (χ0v) is 10.7. The third kappa shape index (κ3) is 2.23. The second kappa shape index (κ2) is 5.20. The fraction of sp³-hybridized carbons (Fsp3) is 0.312. The van der Waals surface area contributed by atoms with Crippen molar-refractivity contribution in [3.05, 3.63) is 48.0 Å². The topological polar surface area (TPSA) is 44.0 Å².